The SMILES string of the molecule is CCCCOc1ccc(C(=O)C=CNc2ccc(OC)cc2)cc1. The maximum atomic E-state index is 12.1. The van der Waals surface area contributed by atoms with Crippen LogP contribution < -0.4 is 14.8 Å². The van der Waals surface area contributed by atoms with E-state index in [0.29, 0.717) is 12.2 Å². The number of ether oxygens (including phenoxy) is 2. The summed E-state index contributed by atoms with van der Waals surface area (Å²) in [6, 6.07) is 14.7. The Kier molecular flexibility index (Phi) is 6.90. The van der Waals surface area contributed by atoms with Crippen molar-refractivity contribution < 1.29 is 14.3 Å². The molecular weight excluding hydrogens is 302 g/mol. The highest BCUT2D eigenvalue weighted by molar-refractivity contribution is 6.04. The van der Waals surface area contributed by atoms with E-state index in [4.69, 9.17) is 9.47 Å². The zero-order valence-electron chi connectivity index (χ0n) is 14.1. The van der Waals surface area contributed by atoms with Crippen molar-refractivity contribution in [3.05, 3.63) is 66.4 Å². The summed E-state index contributed by atoms with van der Waals surface area (Å²) in [7, 11) is 1.63. The summed E-state index contributed by atoms with van der Waals surface area (Å²) < 4.78 is 10.7. The number of benzene rings is 2. The van der Waals surface area contributed by atoms with Gasteiger partial charge in [0.25, 0.3) is 0 Å². The van der Waals surface area contributed by atoms with Crippen LogP contribution in [0.4, 0.5) is 5.69 Å². The Morgan fingerprint density at radius 1 is 1.04 bits per heavy atom. The first-order chi connectivity index (χ1) is 11.7. The number of anilines is 1. The van der Waals surface area contributed by atoms with Gasteiger partial charge in [-0.05, 0) is 55.0 Å². The van der Waals surface area contributed by atoms with Crippen LogP contribution in [0, 0.1) is 0 Å². The monoisotopic (exact) mass is 325 g/mol. The first kappa shape index (κ1) is 17.6. The second kappa shape index (κ2) is 9.40. The number of ketones is 1. The van der Waals surface area contributed by atoms with Crippen LogP contribution in [0.3, 0.4) is 0 Å². The van der Waals surface area contributed by atoms with Crippen molar-refractivity contribution >= 4 is 11.5 Å². The standard InChI is InChI=1S/C20H23NO3/c1-3-4-15-24-19-9-5-16(6-10-19)20(22)13-14-21-17-7-11-18(23-2)12-8-17/h5-14,21H,3-4,15H2,1-2H3. The minimum absolute atomic E-state index is 0.0591. The average molecular weight is 325 g/mol. The highest BCUT2D eigenvalue weighted by atomic mass is 16.5. The van der Waals surface area contributed by atoms with E-state index in [9.17, 15) is 4.79 Å². The predicted molar refractivity (Wildman–Crippen MR) is 96.9 cm³/mol. The van der Waals surface area contributed by atoms with E-state index in [1.165, 1.54) is 6.08 Å². The Labute approximate surface area is 143 Å². The molecule has 126 valence electrons. The van der Waals surface area contributed by atoms with E-state index in [1.807, 2.05) is 36.4 Å². The number of nitrogens with one attached hydrogen (secondary N) is 1. The molecule has 0 atom stereocenters. The molecule has 4 heteroatoms. The minimum Gasteiger partial charge on any atom is -0.497 e. The van der Waals surface area contributed by atoms with Crippen molar-refractivity contribution in [1.82, 2.24) is 0 Å². The van der Waals surface area contributed by atoms with Gasteiger partial charge in [-0.25, -0.2) is 0 Å². The lowest BCUT2D eigenvalue weighted by Crippen LogP contribution is -1.99. The van der Waals surface area contributed by atoms with Gasteiger partial charge in [-0.1, -0.05) is 13.3 Å². The molecule has 4 nitrogen and oxygen atoms in total. The van der Waals surface area contributed by atoms with Gasteiger partial charge >= 0.3 is 0 Å². The van der Waals surface area contributed by atoms with Crippen LogP contribution in [0.5, 0.6) is 11.5 Å². The fourth-order valence-corrected chi connectivity index (χ4v) is 2.05. The van der Waals surface area contributed by atoms with Gasteiger partial charge in [-0.2, -0.15) is 0 Å². The van der Waals surface area contributed by atoms with Gasteiger partial charge in [-0.15, -0.1) is 0 Å². The molecule has 0 amide bonds. The Hall–Kier alpha value is -2.75. The Morgan fingerprint density at radius 3 is 2.33 bits per heavy atom. The fraction of sp³-hybridized carbons (Fsp3) is 0.250. The van der Waals surface area contributed by atoms with Crippen molar-refractivity contribution in [3.63, 3.8) is 0 Å². The molecule has 1 N–H and O–H groups in total. The third kappa shape index (κ3) is 5.47. The van der Waals surface area contributed by atoms with Crippen LogP contribution in [0.15, 0.2) is 60.8 Å². The van der Waals surface area contributed by atoms with Crippen molar-refractivity contribution in [3.8, 4) is 11.5 Å². The summed E-state index contributed by atoms with van der Waals surface area (Å²) in [4.78, 5) is 12.1. The molecule has 0 bridgehead atoms. The highest BCUT2D eigenvalue weighted by Gasteiger charge is 2.02. The molecule has 2 aromatic carbocycles. The van der Waals surface area contributed by atoms with Gasteiger partial charge in [0.05, 0.1) is 13.7 Å². The lowest BCUT2D eigenvalue weighted by atomic mass is 10.1. The molecule has 0 unspecified atom stereocenters. The molecular formula is C20H23NO3. The van der Waals surface area contributed by atoms with Gasteiger partial charge in [0.1, 0.15) is 11.5 Å². The quantitative estimate of drug-likeness (QED) is 0.413. The van der Waals surface area contributed by atoms with Crippen LogP contribution in [0.25, 0.3) is 0 Å². The van der Waals surface area contributed by atoms with Crippen LogP contribution in [0.2, 0.25) is 0 Å². The molecule has 0 fully saturated rings. The molecule has 0 saturated heterocycles. The van der Waals surface area contributed by atoms with Crippen molar-refractivity contribution in [1.29, 1.82) is 0 Å². The number of hydrogen-bond acceptors (Lipinski definition) is 4. The van der Waals surface area contributed by atoms with E-state index in [-0.39, 0.29) is 5.78 Å². The molecule has 0 heterocycles. The van der Waals surface area contributed by atoms with Crippen molar-refractivity contribution in [2.75, 3.05) is 19.0 Å². The highest BCUT2D eigenvalue weighted by Crippen LogP contribution is 2.16. The number of carbonyl (C=O) groups excluding carboxylic acids is 1. The van der Waals surface area contributed by atoms with Crippen LogP contribution in [0.1, 0.15) is 30.1 Å². The molecule has 0 aromatic heterocycles. The molecule has 0 radical (unpaired) electrons. The zero-order chi connectivity index (χ0) is 17.2. The first-order valence-corrected chi connectivity index (χ1v) is 8.07. The molecule has 0 spiro atoms. The number of unbranched alkanes of at least 4 members (excludes halogenated alkanes) is 1. The predicted octanol–water partition coefficient (Wildman–Crippen LogP) is 4.68. The Balaban J connectivity index is 1.86. The van der Waals surface area contributed by atoms with Crippen LogP contribution in [-0.4, -0.2) is 19.5 Å². The topological polar surface area (TPSA) is 47.6 Å². The summed E-state index contributed by atoms with van der Waals surface area (Å²) in [5.74, 6) is 1.53. The maximum absolute atomic E-state index is 12.1. The minimum atomic E-state index is -0.0591. The van der Waals surface area contributed by atoms with Crippen molar-refractivity contribution in [2.24, 2.45) is 0 Å². The largest absolute Gasteiger partial charge is 0.497 e. The third-order valence-electron chi connectivity index (χ3n) is 3.48. The molecule has 2 aromatic rings. The van der Waals surface area contributed by atoms with E-state index in [2.05, 4.69) is 12.2 Å². The van der Waals surface area contributed by atoms with E-state index >= 15 is 0 Å². The summed E-state index contributed by atoms with van der Waals surface area (Å²) in [5, 5.41) is 3.06. The molecule has 24 heavy (non-hydrogen) atoms. The fourth-order valence-electron chi connectivity index (χ4n) is 2.05. The van der Waals surface area contributed by atoms with Crippen LogP contribution >= 0.6 is 0 Å². The van der Waals surface area contributed by atoms with Gasteiger partial charge in [0.15, 0.2) is 5.78 Å². The van der Waals surface area contributed by atoms with Crippen molar-refractivity contribution in [2.45, 2.75) is 19.8 Å². The molecule has 0 aliphatic rings. The Bertz CT molecular complexity index is 660. The molecule has 0 aliphatic heterocycles. The van der Waals surface area contributed by atoms with Gasteiger partial charge in [0, 0.05) is 23.5 Å². The normalized spacial score (nSPS) is 10.6. The third-order valence-corrected chi connectivity index (χ3v) is 3.48. The smallest absolute Gasteiger partial charge is 0.187 e. The lowest BCUT2D eigenvalue weighted by Gasteiger charge is -2.05. The number of carbonyl (C=O) groups is 1. The lowest BCUT2D eigenvalue weighted by molar-refractivity contribution is 0.104. The second-order valence-electron chi connectivity index (χ2n) is 5.30. The maximum Gasteiger partial charge on any atom is 0.187 e. The number of rotatable bonds is 9. The first-order valence-electron chi connectivity index (χ1n) is 8.07. The zero-order valence-corrected chi connectivity index (χ0v) is 14.1. The van der Waals surface area contributed by atoms with E-state index in [0.717, 1.165) is 30.0 Å². The summed E-state index contributed by atoms with van der Waals surface area (Å²) in [6.07, 6.45) is 5.27. The van der Waals surface area contributed by atoms with E-state index in [1.54, 1.807) is 25.4 Å². The molecule has 0 saturated carbocycles. The molecule has 0 aliphatic carbocycles. The summed E-state index contributed by atoms with van der Waals surface area (Å²) >= 11 is 0. The molecule has 2 rings (SSSR count). The average Bonchev–Trinajstić information content (AvgIpc) is 2.63. The Morgan fingerprint density at radius 2 is 1.71 bits per heavy atom. The number of hydrogen-bond donors (Lipinski definition) is 1. The van der Waals surface area contributed by atoms with Gasteiger partial charge in [0.2, 0.25) is 0 Å². The second-order valence-corrected chi connectivity index (χ2v) is 5.30. The van der Waals surface area contributed by atoms with Crippen LogP contribution in [-0.2, 0) is 0 Å². The number of methoxy groups -OCH3 is 1. The van der Waals surface area contributed by atoms with Gasteiger partial charge in [-0.3, -0.25) is 4.79 Å². The summed E-state index contributed by atoms with van der Waals surface area (Å²) in [5.41, 5.74) is 1.52. The number of allylic oxidation sites excluding steroid dienone is 1. The summed E-state index contributed by atoms with van der Waals surface area (Å²) in [6.45, 7) is 2.83. The van der Waals surface area contributed by atoms with E-state index < -0.39 is 0 Å². The van der Waals surface area contributed by atoms with Gasteiger partial charge < -0.3 is 14.8 Å².